The van der Waals surface area contributed by atoms with Crippen molar-refractivity contribution >= 4 is 39.5 Å². The van der Waals surface area contributed by atoms with E-state index in [0.29, 0.717) is 31.6 Å². The van der Waals surface area contributed by atoms with Crippen molar-refractivity contribution in [2.24, 2.45) is 23.7 Å². The number of aliphatic hydroxyl groups excluding tert-OH is 1. The van der Waals surface area contributed by atoms with E-state index in [-0.39, 0.29) is 25.7 Å². The Balaban J connectivity index is 5.15. The van der Waals surface area contributed by atoms with E-state index in [1.54, 1.807) is 0 Å². The smallest absolute Gasteiger partial charge is 0.462 e. The maximum atomic E-state index is 13.1. The Morgan fingerprint density at radius 1 is 0.283 bits per heavy atom. The van der Waals surface area contributed by atoms with Crippen molar-refractivity contribution in [3.05, 3.63) is 0 Å². The molecule has 0 bridgehead atoms. The average molecular weight is 1450 g/mol. The van der Waals surface area contributed by atoms with Gasteiger partial charge in [0.2, 0.25) is 0 Å². The van der Waals surface area contributed by atoms with Crippen LogP contribution in [0.4, 0.5) is 0 Å². The maximum Gasteiger partial charge on any atom is 0.472 e. The van der Waals surface area contributed by atoms with E-state index in [4.69, 9.17) is 37.0 Å². The van der Waals surface area contributed by atoms with Crippen molar-refractivity contribution in [2.75, 3.05) is 39.6 Å². The molecule has 0 aromatic rings. The van der Waals surface area contributed by atoms with Crippen LogP contribution in [0.5, 0.6) is 0 Å². The third kappa shape index (κ3) is 71.5. The summed E-state index contributed by atoms with van der Waals surface area (Å²) in [6, 6.07) is 0. The first-order valence-electron chi connectivity index (χ1n) is 41.3. The molecule has 0 aliphatic carbocycles. The first-order chi connectivity index (χ1) is 47.7. The number of hydrogen-bond acceptors (Lipinski definition) is 15. The molecule has 3 N–H and O–H groups in total. The second-order valence-electron chi connectivity index (χ2n) is 30.2. The number of carbonyl (C=O) groups excluding carboxylic acids is 4. The van der Waals surface area contributed by atoms with Crippen LogP contribution in [-0.4, -0.2) is 96.7 Å². The Labute approximate surface area is 607 Å². The predicted octanol–water partition coefficient (Wildman–Crippen LogP) is 23.6. The number of phosphoric ester groups is 2. The molecule has 0 heterocycles. The van der Waals surface area contributed by atoms with E-state index >= 15 is 0 Å². The highest BCUT2D eigenvalue weighted by molar-refractivity contribution is 7.47. The summed E-state index contributed by atoms with van der Waals surface area (Å²) in [4.78, 5) is 72.9. The van der Waals surface area contributed by atoms with Gasteiger partial charge in [0.15, 0.2) is 12.2 Å². The van der Waals surface area contributed by atoms with Crippen LogP contribution in [0.25, 0.3) is 0 Å². The van der Waals surface area contributed by atoms with Crippen LogP contribution in [-0.2, 0) is 65.4 Å². The van der Waals surface area contributed by atoms with Crippen molar-refractivity contribution in [3.63, 3.8) is 0 Å². The Morgan fingerprint density at radius 3 is 0.717 bits per heavy atom. The van der Waals surface area contributed by atoms with Gasteiger partial charge in [-0.15, -0.1) is 0 Å². The molecule has 0 rings (SSSR count). The summed E-state index contributed by atoms with van der Waals surface area (Å²) in [5, 5.41) is 10.6. The van der Waals surface area contributed by atoms with Crippen LogP contribution < -0.4 is 0 Å². The number of carbonyl (C=O) groups is 4. The van der Waals surface area contributed by atoms with Crippen LogP contribution in [0, 0.1) is 23.7 Å². The molecule has 0 amide bonds. The quantitative estimate of drug-likeness (QED) is 0.0222. The molecule has 0 aliphatic heterocycles. The van der Waals surface area contributed by atoms with Crippen LogP contribution in [0.2, 0.25) is 0 Å². The molecular formula is C80H156O17P2. The van der Waals surface area contributed by atoms with Crippen LogP contribution in [0.15, 0.2) is 0 Å². The van der Waals surface area contributed by atoms with E-state index in [1.165, 1.54) is 205 Å². The van der Waals surface area contributed by atoms with Crippen molar-refractivity contribution in [3.8, 4) is 0 Å². The first kappa shape index (κ1) is 97.1. The molecule has 0 aliphatic rings. The van der Waals surface area contributed by atoms with Gasteiger partial charge in [-0.2, -0.15) is 0 Å². The number of rotatable bonds is 77. The van der Waals surface area contributed by atoms with E-state index in [2.05, 4.69) is 55.4 Å². The average Bonchev–Trinajstić information content (AvgIpc) is 0.989. The number of aliphatic hydroxyl groups is 1. The van der Waals surface area contributed by atoms with Gasteiger partial charge in [-0.25, -0.2) is 9.13 Å². The summed E-state index contributed by atoms with van der Waals surface area (Å²) in [7, 11) is -9.92. The van der Waals surface area contributed by atoms with Crippen molar-refractivity contribution in [2.45, 2.75) is 427 Å². The maximum absolute atomic E-state index is 13.1. The molecule has 19 heteroatoms. The van der Waals surface area contributed by atoms with Gasteiger partial charge in [-0.05, 0) is 49.4 Å². The molecule has 4 unspecified atom stereocenters. The lowest BCUT2D eigenvalue weighted by Crippen LogP contribution is -2.30. The summed E-state index contributed by atoms with van der Waals surface area (Å²) in [5.41, 5.74) is 0. The zero-order chi connectivity index (χ0) is 73.1. The minimum Gasteiger partial charge on any atom is -0.462 e. The lowest BCUT2D eigenvalue weighted by atomic mass is 9.99. The predicted molar refractivity (Wildman–Crippen MR) is 404 cm³/mol. The summed E-state index contributed by atoms with van der Waals surface area (Å²) in [5.74, 6) is 0.990. The van der Waals surface area contributed by atoms with Crippen LogP contribution >= 0.6 is 15.6 Å². The normalized spacial score (nSPS) is 14.6. The number of unbranched alkanes of at least 4 members (excludes halogenated alkanes) is 41. The Hall–Kier alpha value is -1.94. The first-order valence-corrected chi connectivity index (χ1v) is 44.3. The summed E-state index contributed by atoms with van der Waals surface area (Å²) >= 11 is 0. The van der Waals surface area contributed by atoms with Crippen molar-refractivity contribution in [1.82, 2.24) is 0 Å². The van der Waals surface area contributed by atoms with E-state index in [1.807, 2.05) is 0 Å². The van der Waals surface area contributed by atoms with E-state index in [0.717, 1.165) is 114 Å². The number of esters is 4. The van der Waals surface area contributed by atoms with Gasteiger partial charge in [0, 0.05) is 25.7 Å². The second kappa shape index (κ2) is 69.1. The number of phosphoric acid groups is 2. The summed E-state index contributed by atoms with van der Waals surface area (Å²) in [6.07, 6.45) is 55.7. The molecule has 0 aromatic heterocycles. The fourth-order valence-corrected chi connectivity index (χ4v) is 13.8. The van der Waals surface area contributed by atoms with Gasteiger partial charge in [0.05, 0.1) is 26.4 Å². The molecular weight excluding hydrogens is 1290 g/mol. The van der Waals surface area contributed by atoms with Gasteiger partial charge < -0.3 is 33.8 Å². The molecule has 0 aromatic carbocycles. The van der Waals surface area contributed by atoms with E-state index in [9.17, 15) is 43.2 Å². The topological polar surface area (TPSA) is 237 Å². The van der Waals surface area contributed by atoms with Gasteiger partial charge in [0.1, 0.15) is 19.3 Å². The lowest BCUT2D eigenvalue weighted by Gasteiger charge is -2.21. The summed E-state index contributed by atoms with van der Waals surface area (Å²) in [6.45, 7) is 14.2. The van der Waals surface area contributed by atoms with Crippen LogP contribution in [0.1, 0.15) is 409 Å². The molecule has 0 saturated carbocycles. The highest BCUT2D eigenvalue weighted by atomic mass is 31.2. The zero-order valence-electron chi connectivity index (χ0n) is 65.1. The number of ether oxygens (including phenoxy) is 4. The second-order valence-corrected chi connectivity index (χ2v) is 33.1. The Morgan fingerprint density at radius 2 is 0.485 bits per heavy atom. The molecule has 0 saturated heterocycles. The summed E-state index contributed by atoms with van der Waals surface area (Å²) < 4.78 is 68.6. The highest BCUT2D eigenvalue weighted by Crippen LogP contribution is 2.45. The molecule has 0 spiro atoms. The van der Waals surface area contributed by atoms with Crippen molar-refractivity contribution < 1.29 is 80.2 Å². The fraction of sp³-hybridized carbons (Fsp3) is 0.950. The third-order valence-electron chi connectivity index (χ3n) is 19.3. The minimum absolute atomic E-state index is 0.105. The van der Waals surface area contributed by atoms with Gasteiger partial charge in [-0.1, -0.05) is 357 Å². The molecule has 0 radical (unpaired) electrons. The Kier molecular flexibility index (Phi) is 67.8. The largest absolute Gasteiger partial charge is 0.472 e. The highest BCUT2D eigenvalue weighted by Gasteiger charge is 2.30. The van der Waals surface area contributed by atoms with Gasteiger partial charge in [0.25, 0.3) is 0 Å². The third-order valence-corrected chi connectivity index (χ3v) is 21.2. The molecule has 17 nitrogen and oxygen atoms in total. The van der Waals surface area contributed by atoms with Gasteiger partial charge in [-0.3, -0.25) is 37.3 Å². The minimum atomic E-state index is -4.96. The molecule has 0 fully saturated rings. The lowest BCUT2D eigenvalue weighted by molar-refractivity contribution is -0.161. The fourth-order valence-electron chi connectivity index (χ4n) is 12.2. The van der Waals surface area contributed by atoms with Crippen LogP contribution in [0.3, 0.4) is 0 Å². The monoisotopic (exact) mass is 1450 g/mol. The zero-order valence-corrected chi connectivity index (χ0v) is 66.9. The van der Waals surface area contributed by atoms with Gasteiger partial charge >= 0.3 is 39.5 Å². The SMILES string of the molecule is CCC(C)CCCCCCCCCCCCCCCCCCCCC(=O)OC[C@H](COP(=O)(O)OC[C@@H](O)COP(=O)(O)OC[C@@H](COC(=O)CCCCCCCCC(C)CC)OC(=O)CCCCCCCCCCCCCCCC(C)C)OC(=O)CCCCCCCCCCC(C)C. The molecule has 99 heavy (non-hydrogen) atoms. The van der Waals surface area contributed by atoms with E-state index < -0.39 is 97.5 Å². The molecule has 7 atom stereocenters. The van der Waals surface area contributed by atoms with Crippen molar-refractivity contribution in [1.29, 1.82) is 0 Å². The molecule has 588 valence electrons. The standard InChI is InChI=1S/C80H156O17P2/c1-9-72(7)58-50-42-34-27-23-19-15-13-11-12-14-16-20-24-28-35-44-52-60-77(82)90-66-75(97-80(85)63-55-47-37-31-30-33-41-49-57-71(5)6)68-94-98(86,87)92-64-74(81)65-93-99(88,89)95-69-76(67-91-78(83)61-53-45-39-38-43-51-59-73(8)10-2)96-79(84)62-54-46-36-29-25-21-17-18-22-26-32-40-48-56-70(3)4/h70-76,81H,9-69H2,1-8H3,(H,86,87)(H,88,89)/t72?,73?,74-,75-,76-/m1/s1. The number of hydrogen-bond donors (Lipinski definition) is 3. The Bertz CT molecular complexity index is 1940.